The first kappa shape index (κ1) is 14.7. The van der Waals surface area contributed by atoms with Crippen LogP contribution in [-0.4, -0.2) is 37.6 Å². The largest absolute Gasteiger partial charge is 0.348 e. The van der Waals surface area contributed by atoms with E-state index in [1.807, 2.05) is 49.6 Å². The molecular formula is C16H23N5O. The van der Waals surface area contributed by atoms with Crippen LogP contribution in [0.3, 0.4) is 0 Å². The maximum atomic E-state index is 12.3. The molecule has 0 radical (unpaired) electrons. The molecule has 3 heterocycles. The van der Waals surface area contributed by atoms with Gasteiger partial charge in [-0.2, -0.15) is 0 Å². The zero-order valence-electron chi connectivity index (χ0n) is 13.2. The fourth-order valence-corrected chi connectivity index (χ4v) is 2.81. The van der Waals surface area contributed by atoms with E-state index >= 15 is 0 Å². The van der Waals surface area contributed by atoms with Gasteiger partial charge in [0.2, 0.25) is 0 Å². The van der Waals surface area contributed by atoms with Gasteiger partial charge in [0, 0.05) is 31.5 Å². The van der Waals surface area contributed by atoms with Crippen molar-refractivity contribution < 1.29 is 4.79 Å². The Morgan fingerprint density at radius 2 is 2.09 bits per heavy atom. The van der Waals surface area contributed by atoms with E-state index in [0.717, 1.165) is 37.4 Å². The fourth-order valence-electron chi connectivity index (χ4n) is 2.81. The number of hydrogen-bond acceptors (Lipinski definition) is 2. The Morgan fingerprint density at radius 3 is 2.82 bits per heavy atom. The number of fused-ring (bicyclic) bond motifs is 1. The summed E-state index contributed by atoms with van der Waals surface area (Å²) in [5.41, 5.74) is 2.19. The maximum absolute atomic E-state index is 12.3. The van der Waals surface area contributed by atoms with Gasteiger partial charge in [-0.3, -0.25) is 0 Å². The Kier molecular flexibility index (Phi) is 4.18. The third-order valence-corrected chi connectivity index (χ3v) is 3.90. The van der Waals surface area contributed by atoms with Crippen molar-refractivity contribution in [2.45, 2.75) is 45.9 Å². The molecule has 2 aromatic heterocycles. The molecule has 1 aliphatic rings. The van der Waals surface area contributed by atoms with Gasteiger partial charge in [-0.05, 0) is 32.4 Å². The van der Waals surface area contributed by atoms with Crippen molar-refractivity contribution in [2.75, 3.05) is 6.54 Å². The number of hydrogen-bond donors (Lipinski definition) is 1. The van der Waals surface area contributed by atoms with E-state index in [0.29, 0.717) is 6.54 Å². The first-order chi connectivity index (χ1) is 10.6. The highest BCUT2D eigenvalue weighted by atomic mass is 16.2. The first-order valence-corrected chi connectivity index (χ1v) is 7.82. The van der Waals surface area contributed by atoms with Crippen molar-refractivity contribution in [3.05, 3.63) is 42.2 Å². The second-order valence-corrected chi connectivity index (χ2v) is 6.07. The summed E-state index contributed by atoms with van der Waals surface area (Å²) >= 11 is 0. The zero-order valence-corrected chi connectivity index (χ0v) is 13.2. The molecule has 6 heteroatoms. The van der Waals surface area contributed by atoms with Gasteiger partial charge in [0.1, 0.15) is 0 Å². The number of carbonyl (C=O) groups is 1. The number of urea groups is 1. The van der Waals surface area contributed by atoms with Crippen molar-refractivity contribution in [1.82, 2.24) is 24.3 Å². The molecule has 0 aromatic carbocycles. The lowest BCUT2D eigenvalue weighted by Crippen LogP contribution is -2.42. The number of carbonyl (C=O) groups excluding carboxylic acids is 1. The lowest BCUT2D eigenvalue weighted by atomic mass is 10.3. The van der Waals surface area contributed by atoms with Crippen LogP contribution in [0, 0.1) is 0 Å². The second-order valence-electron chi connectivity index (χ2n) is 6.07. The van der Waals surface area contributed by atoms with Gasteiger partial charge >= 0.3 is 6.03 Å². The molecule has 0 unspecified atom stereocenters. The van der Waals surface area contributed by atoms with Crippen LogP contribution in [0.1, 0.15) is 31.7 Å². The normalized spacial score (nSPS) is 14.8. The number of aromatic nitrogens is 3. The van der Waals surface area contributed by atoms with Crippen LogP contribution in [0.25, 0.3) is 0 Å². The molecule has 0 saturated carbocycles. The van der Waals surface area contributed by atoms with Gasteiger partial charge in [0.05, 0.1) is 30.8 Å². The minimum atomic E-state index is 0.0107. The lowest BCUT2D eigenvalue weighted by Gasteiger charge is -2.22. The molecule has 0 bridgehead atoms. The number of aryl methyl sites for hydroxylation is 1. The predicted molar refractivity (Wildman–Crippen MR) is 84.5 cm³/mol. The molecule has 6 nitrogen and oxygen atoms in total. The molecule has 0 atom stereocenters. The van der Waals surface area contributed by atoms with Crippen molar-refractivity contribution in [3.8, 4) is 0 Å². The second kappa shape index (κ2) is 6.25. The standard InChI is InChI=1S/C16H23N5O/c1-13(2)18-16(22)20-8-5-9-21-12-17-14(15(21)11-20)10-19-6-3-4-7-19/h3-4,6-7,12-13H,5,8-11H2,1-2H3,(H,18,22). The molecule has 1 aliphatic heterocycles. The molecule has 3 rings (SSSR count). The van der Waals surface area contributed by atoms with Gasteiger partial charge in [-0.1, -0.05) is 0 Å². The summed E-state index contributed by atoms with van der Waals surface area (Å²) in [6.45, 7) is 7.03. The molecular weight excluding hydrogens is 278 g/mol. The topological polar surface area (TPSA) is 55.1 Å². The summed E-state index contributed by atoms with van der Waals surface area (Å²) in [5.74, 6) is 0. The van der Waals surface area contributed by atoms with Crippen molar-refractivity contribution in [3.63, 3.8) is 0 Å². The summed E-state index contributed by atoms with van der Waals surface area (Å²) < 4.78 is 4.29. The molecule has 2 aromatic rings. The highest BCUT2D eigenvalue weighted by Crippen LogP contribution is 2.17. The lowest BCUT2D eigenvalue weighted by molar-refractivity contribution is 0.193. The molecule has 0 fully saturated rings. The number of amides is 2. The number of rotatable bonds is 3. The minimum absolute atomic E-state index is 0.0107. The molecule has 0 spiro atoms. The van der Waals surface area contributed by atoms with Crippen LogP contribution in [0.5, 0.6) is 0 Å². The first-order valence-electron chi connectivity index (χ1n) is 7.82. The predicted octanol–water partition coefficient (Wildman–Crippen LogP) is 2.06. The quantitative estimate of drug-likeness (QED) is 0.943. The van der Waals surface area contributed by atoms with Gasteiger partial charge in [-0.25, -0.2) is 9.78 Å². The van der Waals surface area contributed by atoms with Gasteiger partial charge in [0.15, 0.2) is 0 Å². The SMILES string of the molecule is CC(C)NC(=O)N1CCCn2cnc(Cn3cccc3)c2C1. The summed E-state index contributed by atoms with van der Waals surface area (Å²) in [6, 6.07) is 4.19. The Morgan fingerprint density at radius 1 is 1.32 bits per heavy atom. The Bertz CT molecular complexity index is 629. The van der Waals surface area contributed by atoms with Gasteiger partial charge in [-0.15, -0.1) is 0 Å². The average molecular weight is 301 g/mol. The average Bonchev–Trinajstić information content (AvgIpc) is 3.04. The van der Waals surface area contributed by atoms with E-state index in [1.54, 1.807) is 0 Å². The van der Waals surface area contributed by atoms with E-state index in [2.05, 4.69) is 19.4 Å². The summed E-state index contributed by atoms with van der Waals surface area (Å²) in [7, 11) is 0. The van der Waals surface area contributed by atoms with Crippen LogP contribution < -0.4 is 5.32 Å². The van der Waals surface area contributed by atoms with Crippen LogP contribution in [0.2, 0.25) is 0 Å². The fraction of sp³-hybridized carbons (Fsp3) is 0.500. The third-order valence-electron chi connectivity index (χ3n) is 3.90. The van der Waals surface area contributed by atoms with E-state index in [9.17, 15) is 4.79 Å². The van der Waals surface area contributed by atoms with E-state index < -0.39 is 0 Å². The van der Waals surface area contributed by atoms with Gasteiger partial charge in [0.25, 0.3) is 0 Å². The summed E-state index contributed by atoms with van der Waals surface area (Å²) in [6.07, 6.45) is 6.92. The monoisotopic (exact) mass is 301 g/mol. The van der Waals surface area contributed by atoms with E-state index in [1.165, 1.54) is 0 Å². The van der Waals surface area contributed by atoms with Crippen molar-refractivity contribution >= 4 is 6.03 Å². The summed E-state index contributed by atoms with van der Waals surface area (Å²) in [5, 5.41) is 2.98. The smallest absolute Gasteiger partial charge is 0.317 e. The number of nitrogens with zero attached hydrogens (tertiary/aromatic N) is 4. The maximum Gasteiger partial charge on any atom is 0.317 e. The molecule has 1 N–H and O–H groups in total. The third kappa shape index (κ3) is 3.16. The van der Waals surface area contributed by atoms with Crippen molar-refractivity contribution in [2.24, 2.45) is 0 Å². The molecule has 22 heavy (non-hydrogen) atoms. The number of nitrogens with one attached hydrogen (secondary N) is 1. The van der Waals surface area contributed by atoms with Crippen LogP contribution in [0.4, 0.5) is 4.79 Å². The van der Waals surface area contributed by atoms with Crippen LogP contribution in [-0.2, 0) is 19.6 Å². The molecule has 118 valence electrons. The highest BCUT2D eigenvalue weighted by molar-refractivity contribution is 5.74. The number of imidazole rings is 1. The highest BCUT2D eigenvalue weighted by Gasteiger charge is 2.22. The molecule has 0 aliphatic carbocycles. The molecule has 2 amide bonds. The van der Waals surface area contributed by atoms with Gasteiger partial charge < -0.3 is 19.4 Å². The zero-order chi connectivity index (χ0) is 15.5. The Labute approximate surface area is 130 Å². The van der Waals surface area contributed by atoms with Crippen LogP contribution in [0.15, 0.2) is 30.9 Å². The van der Waals surface area contributed by atoms with E-state index in [-0.39, 0.29) is 12.1 Å². The molecule has 0 saturated heterocycles. The Balaban J connectivity index is 1.79. The summed E-state index contributed by atoms with van der Waals surface area (Å²) in [4.78, 5) is 18.7. The van der Waals surface area contributed by atoms with Crippen molar-refractivity contribution in [1.29, 1.82) is 0 Å². The Hall–Kier alpha value is -2.24. The minimum Gasteiger partial charge on any atom is -0.348 e. The van der Waals surface area contributed by atoms with E-state index in [4.69, 9.17) is 0 Å². The van der Waals surface area contributed by atoms with Crippen LogP contribution >= 0.6 is 0 Å².